The largest absolute Gasteiger partial charge is 0.301 e. The molecule has 0 aromatic heterocycles. The van der Waals surface area contributed by atoms with Gasteiger partial charge in [-0.3, -0.25) is 0 Å². The van der Waals surface area contributed by atoms with Crippen LogP contribution in [0.1, 0.15) is 51.4 Å². The smallest absolute Gasteiger partial charge is 0.0273 e. The van der Waals surface area contributed by atoms with E-state index in [-0.39, 0.29) is 0 Å². The van der Waals surface area contributed by atoms with E-state index in [2.05, 4.69) is 11.2 Å². The molecule has 0 aromatic carbocycles. The third-order valence-electron chi connectivity index (χ3n) is 2.76. The topological polar surface area (TPSA) is 12.4 Å². The molecule has 0 aliphatic heterocycles. The fourth-order valence-electron chi connectivity index (χ4n) is 2.02. The van der Waals surface area contributed by atoms with E-state index in [9.17, 15) is 0 Å². The lowest BCUT2D eigenvalue weighted by atomic mass is 9.98. The average Bonchev–Trinajstić information content (AvgIpc) is 2.19. The first-order chi connectivity index (χ1) is 5.93. The highest BCUT2D eigenvalue weighted by Gasteiger charge is 2.07. The van der Waals surface area contributed by atoms with E-state index in [0.717, 1.165) is 5.92 Å². The first kappa shape index (κ1) is 9.76. The monoisotopic (exact) mass is 167 g/mol. The normalized spacial score (nSPS) is 23.4. The zero-order chi connectivity index (χ0) is 8.65. The molecule has 0 heterocycles. The lowest BCUT2D eigenvalue weighted by molar-refractivity contribution is 0.545. The molecule has 1 heteroatoms. The minimum atomic E-state index is 0.785. The molecule has 1 rings (SSSR count). The Morgan fingerprint density at radius 1 is 0.917 bits per heavy atom. The van der Waals surface area contributed by atoms with Crippen LogP contribution in [0.25, 0.3) is 0 Å². The van der Waals surface area contributed by atoms with Crippen LogP contribution >= 0.6 is 0 Å². The summed E-state index contributed by atoms with van der Waals surface area (Å²) in [5.74, 6) is 0.785. The van der Waals surface area contributed by atoms with E-state index in [1.165, 1.54) is 51.4 Å². The van der Waals surface area contributed by atoms with Crippen LogP contribution in [0.3, 0.4) is 0 Å². The predicted molar refractivity (Wildman–Crippen MR) is 54.8 cm³/mol. The van der Waals surface area contributed by atoms with Crippen LogP contribution in [0, 0.1) is 5.92 Å². The molecule has 0 N–H and O–H groups in total. The van der Waals surface area contributed by atoms with Gasteiger partial charge < -0.3 is 4.99 Å². The van der Waals surface area contributed by atoms with Gasteiger partial charge in [-0.15, -0.1) is 0 Å². The van der Waals surface area contributed by atoms with Crippen LogP contribution in [0.15, 0.2) is 4.99 Å². The Hall–Kier alpha value is -0.330. The summed E-state index contributed by atoms with van der Waals surface area (Å²) in [4.78, 5) is 4.14. The Morgan fingerprint density at radius 2 is 1.42 bits per heavy atom. The van der Waals surface area contributed by atoms with E-state index in [4.69, 9.17) is 0 Å². The molecule has 0 saturated heterocycles. The number of nitrogens with zero attached hydrogens (tertiary/aromatic N) is 1. The lowest BCUT2D eigenvalue weighted by Crippen LogP contribution is -2.01. The minimum Gasteiger partial charge on any atom is -0.301 e. The summed E-state index contributed by atoms with van der Waals surface area (Å²) in [6, 6.07) is 0. The van der Waals surface area contributed by atoms with Crippen molar-refractivity contribution in [1.29, 1.82) is 0 Å². The Kier molecular flexibility index (Phi) is 5.05. The first-order valence-electron chi connectivity index (χ1n) is 5.36. The Bertz CT molecular complexity index is 119. The molecule has 0 unspecified atom stereocenters. The van der Waals surface area contributed by atoms with Crippen molar-refractivity contribution in [2.75, 3.05) is 7.05 Å². The number of hydrogen-bond donors (Lipinski definition) is 0. The standard InChI is InChI=1S/C11H21N/c1-12-10-11-8-6-4-2-3-5-7-9-11/h10-11H,2-9H2,1H3/b12-10-. The van der Waals surface area contributed by atoms with Gasteiger partial charge in [0.05, 0.1) is 0 Å². The van der Waals surface area contributed by atoms with E-state index in [1.54, 1.807) is 0 Å². The van der Waals surface area contributed by atoms with Crippen molar-refractivity contribution in [2.45, 2.75) is 51.4 Å². The summed E-state index contributed by atoms with van der Waals surface area (Å²) < 4.78 is 0. The van der Waals surface area contributed by atoms with Crippen LogP contribution < -0.4 is 0 Å². The van der Waals surface area contributed by atoms with Gasteiger partial charge in [-0.1, -0.05) is 38.5 Å². The summed E-state index contributed by atoms with van der Waals surface area (Å²) in [7, 11) is 1.90. The summed E-state index contributed by atoms with van der Waals surface area (Å²) >= 11 is 0. The second-order valence-corrected chi connectivity index (χ2v) is 3.87. The number of rotatable bonds is 1. The summed E-state index contributed by atoms with van der Waals surface area (Å²) in [6.45, 7) is 0. The lowest BCUT2D eigenvalue weighted by Gasteiger charge is -2.08. The Labute approximate surface area is 76.3 Å². The van der Waals surface area contributed by atoms with E-state index < -0.39 is 0 Å². The number of hydrogen-bond acceptors (Lipinski definition) is 1. The van der Waals surface area contributed by atoms with Gasteiger partial charge in [-0.05, 0) is 18.8 Å². The van der Waals surface area contributed by atoms with E-state index in [1.807, 2.05) is 7.05 Å². The van der Waals surface area contributed by atoms with Crippen molar-refractivity contribution < 1.29 is 0 Å². The molecule has 0 radical (unpaired) electrons. The van der Waals surface area contributed by atoms with Crippen LogP contribution in [-0.2, 0) is 0 Å². The van der Waals surface area contributed by atoms with Gasteiger partial charge in [-0.2, -0.15) is 0 Å². The second kappa shape index (κ2) is 6.22. The second-order valence-electron chi connectivity index (χ2n) is 3.87. The third-order valence-corrected chi connectivity index (χ3v) is 2.76. The molecule has 1 aliphatic carbocycles. The van der Waals surface area contributed by atoms with Crippen LogP contribution in [-0.4, -0.2) is 13.3 Å². The van der Waals surface area contributed by atoms with Gasteiger partial charge in [0.2, 0.25) is 0 Å². The summed E-state index contributed by atoms with van der Waals surface area (Å²) in [6.07, 6.45) is 13.5. The van der Waals surface area contributed by atoms with Crippen molar-refractivity contribution in [1.82, 2.24) is 0 Å². The number of aliphatic imine (C=N–C) groups is 1. The van der Waals surface area contributed by atoms with Gasteiger partial charge in [0.25, 0.3) is 0 Å². The fourth-order valence-corrected chi connectivity index (χ4v) is 2.02. The molecule has 0 bridgehead atoms. The molecule has 0 spiro atoms. The van der Waals surface area contributed by atoms with Gasteiger partial charge in [0.1, 0.15) is 0 Å². The third kappa shape index (κ3) is 3.89. The summed E-state index contributed by atoms with van der Waals surface area (Å²) in [5.41, 5.74) is 0. The molecule has 12 heavy (non-hydrogen) atoms. The zero-order valence-corrected chi connectivity index (χ0v) is 8.26. The van der Waals surface area contributed by atoms with E-state index in [0.29, 0.717) is 0 Å². The Balaban J connectivity index is 2.28. The molecule has 0 amide bonds. The van der Waals surface area contributed by atoms with Crippen molar-refractivity contribution >= 4 is 6.21 Å². The molecule has 70 valence electrons. The first-order valence-corrected chi connectivity index (χ1v) is 5.36. The molecule has 1 saturated carbocycles. The minimum absolute atomic E-state index is 0.785. The predicted octanol–water partition coefficient (Wildman–Crippen LogP) is 3.44. The highest BCUT2D eigenvalue weighted by Crippen LogP contribution is 2.20. The maximum absolute atomic E-state index is 4.14. The fraction of sp³-hybridized carbons (Fsp3) is 0.909. The average molecular weight is 167 g/mol. The molecule has 1 nitrogen and oxygen atoms in total. The molecule has 1 aliphatic rings. The van der Waals surface area contributed by atoms with Crippen LogP contribution in [0.4, 0.5) is 0 Å². The highest BCUT2D eigenvalue weighted by atomic mass is 14.6. The van der Waals surface area contributed by atoms with Crippen molar-refractivity contribution in [2.24, 2.45) is 10.9 Å². The van der Waals surface area contributed by atoms with Crippen molar-refractivity contribution in [3.63, 3.8) is 0 Å². The van der Waals surface area contributed by atoms with Crippen molar-refractivity contribution in [3.8, 4) is 0 Å². The van der Waals surface area contributed by atoms with E-state index >= 15 is 0 Å². The maximum atomic E-state index is 4.14. The molecule has 0 aromatic rings. The van der Waals surface area contributed by atoms with Gasteiger partial charge in [-0.25, -0.2) is 0 Å². The van der Waals surface area contributed by atoms with Crippen molar-refractivity contribution in [3.05, 3.63) is 0 Å². The zero-order valence-electron chi connectivity index (χ0n) is 8.26. The molecular formula is C11H21N. The van der Waals surface area contributed by atoms with Gasteiger partial charge >= 0.3 is 0 Å². The Morgan fingerprint density at radius 3 is 1.92 bits per heavy atom. The van der Waals surface area contributed by atoms with Crippen LogP contribution in [0.5, 0.6) is 0 Å². The SMILES string of the molecule is C/N=C\C1CCCCCCCC1. The van der Waals surface area contributed by atoms with Gasteiger partial charge in [0, 0.05) is 13.3 Å². The maximum Gasteiger partial charge on any atom is 0.0273 e. The van der Waals surface area contributed by atoms with Crippen LogP contribution in [0.2, 0.25) is 0 Å². The quantitative estimate of drug-likeness (QED) is 0.530. The molecule has 0 atom stereocenters. The highest BCUT2D eigenvalue weighted by molar-refractivity contribution is 5.60. The molecular weight excluding hydrogens is 146 g/mol. The summed E-state index contributed by atoms with van der Waals surface area (Å²) in [5, 5.41) is 0. The van der Waals surface area contributed by atoms with Gasteiger partial charge in [0.15, 0.2) is 0 Å². The molecule has 1 fully saturated rings.